The van der Waals surface area contributed by atoms with E-state index in [0.29, 0.717) is 23.8 Å². The fourth-order valence-electron chi connectivity index (χ4n) is 2.40. The Balaban J connectivity index is 1.85. The number of carbonyl (C=O) groups is 1. The first kappa shape index (κ1) is 14.3. The lowest BCUT2D eigenvalue weighted by Crippen LogP contribution is -2.05. The molecule has 0 bridgehead atoms. The number of halogens is 1. The van der Waals surface area contributed by atoms with Gasteiger partial charge in [0, 0.05) is 23.0 Å². The molecule has 2 aromatic rings. The van der Waals surface area contributed by atoms with E-state index >= 15 is 0 Å². The molecule has 1 aliphatic heterocycles. The van der Waals surface area contributed by atoms with Crippen LogP contribution in [0.15, 0.2) is 16.6 Å². The van der Waals surface area contributed by atoms with Gasteiger partial charge in [0.2, 0.25) is 0 Å². The first-order valence-electron chi connectivity index (χ1n) is 6.44. The molecule has 7 heteroatoms. The first-order chi connectivity index (χ1) is 10.1. The van der Waals surface area contributed by atoms with E-state index in [-0.39, 0.29) is 5.56 Å². The lowest BCUT2D eigenvalue weighted by Gasteiger charge is -2.10. The third-order valence-corrected chi connectivity index (χ3v) is 4.70. The molecule has 0 saturated heterocycles. The minimum atomic E-state index is -0.959. The van der Waals surface area contributed by atoms with E-state index in [1.165, 1.54) is 17.1 Å². The van der Waals surface area contributed by atoms with Gasteiger partial charge in [0.15, 0.2) is 0 Å². The van der Waals surface area contributed by atoms with E-state index in [4.69, 9.17) is 4.74 Å². The summed E-state index contributed by atoms with van der Waals surface area (Å²) in [7, 11) is 0. The zero-order valence-electron chi connectivity index (χ0n) is 11.3. The molecule has 110 valence electrons. The van der Waals surface area contributed by atoms with Gasteiger partial charge in [0.05, 0.1) is 12.3 Å². The molecule has 2 heterocycles. The summed E-state index contributed by atoms with van der Waals surface area (Å²) in [6.45, 7) is 2.90. The Kier molecular flexibility index (Phi) is 3.86. The fourth-order valence-corrected chi connectivity index (χ4v) is 3.73. The second-order valence-electron chi connectivity index (χ2n) is 4.78. The van der Waals surface area contributed by atoms with Crippen molar-refractivity contribution in [1.29, 1.82) is 0 Å². The van der Waals surface area contributed by atoms with Gasteiger partial charge < -0.3 is 15.2 Å². The number of anilines is 1. The lowest BCUT2D eigenvalue weighted by molar-refractivity contribution is 0.0697. The van der Waals surface area contributed by atoms with Crippen LogP contribution < -0.4 is 10.1 Å². The molecule has 0 aliphatic carbocycles. The predicted molar refractivity (Wildman–Crippen MR) is 84.5 cm³/mol. The van der Waals surface area contributed by atoms with E-state index in [2.05, 4.69) is 31.7 Å². The van der Waals surface area contributed by atoms with Crippen LogP contribution in [0.25, 0.3) is 0 Å². The Morgan fingerprint density at radius 3 is 3.14 bits per heavy atom. The van der Waals surface area contributed by atoms with Crippen molar-refractivity contribution < 1.29 is 14.6 Å². The molecule has 3 rings (SSSR count). The van der Waals surface area contributed by atoms with Crippen LogP contribution in [0, 0.1) is 6.92 Å². The van der Waals surface area contributed by atoms with Crippen LogP contribution >= 0.6 is 27.5 Å². The third kappa shape index (κ3) is 2.75. The highest BCUT2D eigenvalue weighted by molar-refractivity contribution is 9.10. The first-order valence-corrected chi connectivity index (χ1v) is 8.00. The van der Waals surface area contributed by atoms with Crippen LogP contribution in [-0.4, -0.2) is 22.1 Å². The molecule has 2 N–H and O–H groups in total. The molecule has 5 nitrogen and oxygen atoms in total. The van der Waals surface area contributed by atoms with Crippen LogP contribution in [0.2, 0.25) is 0 Å². The number of aromatic nitrogens is 1. The number of carboxylic acid groups (broad SMARTS) is 1. The van der Waals surface area contributed by atoms with E-state index in [1.54, 1.807) is 6.92 Å². The second-order valence-corrected chi connectivity index (χ2v) is 6.47. The number of nitrogens with one attached hydrogen (secondary N) is 1. The number of aromatic carboxylic acids is 1. The van der Waals surface area contributed by atoms with E-state index in [1.807, 2.05) is 6.07 Å². The summed E-state index contributed by atoms with van der Waals surface area (Å²) in [4.78, 5) is 11.3. The van der Waals surface area contributed by atoms with Crippen molar-refractivity contribution in [3.63, 3.8) is 0 Å². The number of fused-ring (bicyclic) bond motifs is 1. The minimum absolute atomic E-state index is 0.243. The summed E-state index contributed by atoms with van der Waals surface area (Å²) in [5.41, 5.74) is 2.97. The molecular formula is C14H13BrN2O3S. The third-order valence-electron chi connectivity index (χ3n) is 3.34. The maximum Gasteiger partial charge on any atom is 0.340 e. The van der Waals surface area contributed by atoms with E-state index < -0.39 is 5.97 Å². The number of carboxylic acids is 1. The number of rotatable bonds is 4. The number of ether oxygens (including phenoxy) is 1. The zero-order valence-corrected chi connectivity index (χ0v) is 13.7. The molecule has 0 saturated carbocycles. The zero-order chi connectivity index (χ0) is 15.0. The number of hydrogen-bond acceptors (Lipinski definition) is 5. The Labute approximate surface area is 134 Å². The number of nitrogens with zero attached hydrogens (tertiary/aromatic N) is 1. The standard InChI is InChI=1S/C14H13BrN2O3S/c1-7-11(14(18)19)13(21-17-7)16-6-9-5-10(15)4-8-2-3-20-12(8)9/h4-5,16H,2-3,6H2,1H3,(H,18,19). The Morgan fingerprint density at radius 2 is 2.38 bits per heavy atom. The van der Waals surface area contributed by atoms with Crippen molar-refractivity contribution in [2.45, 2.75) is 19.9 Å². The van der Waals surface area contributed by atoms with Gasteiger partial charge in [-0.05, 0) is 36.2 Å². The van der Waals surface area contributed by atoms with Gasteiger partial charge in [-0.25, -0.2) is 4.79 Å². The van der Waals surface area contributed by atoms with Crippen molar-refractivity contribution in [3.05, 3.63) is 39.0 Å². The summed E-state index contributed by atoms with van der Waals surface area (Å²) in [6.07, 6.45) is 0.905. The van der Waals surface area contributed by atoms with Gasteiger partial charge in [-0.15, -0.1) is 0 Å². The summed E-state index contributed by atoms with van der Waals surface area (Å²) in [5.74, 6) is -0.0525. The minimum Gasteiger partial charge on any atom is -0.493 e. The molecule has 0 amide bonds. The van der Waals surface area contributed by atoms with Gasteiger partial charge in [0.1, 0.15) is 16.3 Å². The van der Waals surface area contributed by atoms with Crippen molar-refractivity contribution in [3.8, 4) is 5.75 Å². The fraction of sp³-hybridized carbons (Fsp3) is 0.286. The maximum atomic E-state index is 11.3. The van der Waals surface area contributed by atoms with Crippen molar-refractivity contribution in [2.75, 3.05) is 11.9 Å². The average Bonchev–Trinajstić information content (AvgIpc) is 3.02. The molecular weight excluding hydrogens is 356 g/mol. The average molecular weight is 369 g/mol. The molecule has 21 heavy (non-hydrogen) atoms. The Morgan fingerprint density at radius 1 is 1.57 bits per heavy atom. The van der Waals surface area contributed by atoms with Crippen molar-refractivity contribution in [2.24, 2.45) is 0 Å². The van der Waals surface area contributed by atoms with Crippen LogP contribution in [0.3, 0.4) is 0 Å². The SMILES string of the molecule is Cc1nsc(NCc2cc(Br)cc3c2OCC3)c1C(=O)O. The van der Waals surface area contributed by atoms with Crippen molar-refractivity contribution >= 4 is 38.4 Å². The Hall–Kier alpha value is -1.60. The molecule has 1 aliphatic rings. The van der Waals surface area contributed by atoms with Crippen molar-refractivity contribution in [1.82, 2.24) is 4.37 Å². The smallest absolute Gasteiger partial charge is 0.340 e. The maximum absolute atomic E-state index is 11.3. The molecule has 0 spiro atoms. The number of hydrogen-bond donors (Lipinski definition) is 2. The molecule has 0 radical (unpaired) electrons. The van der Waals surface area contributed by atoms with Gasteiger partial charge >= 0.3 is 5.97 Å². The van der Waals surface area contributed by atoms with Crippen LogP contribution in [0.4, 0.5) is 5.00 Å². The highest BCUT2D eigenvalue weighted by atomic mass is 79.9. The molecule has 0 fully saturated rings. The lowest BCUT2D eigenvalue weighted by atomic mass is 10.1. The van der Waals surface area contributed by atoms with Gasteiger partial charge in [-0.2, -0.15) is 4.37 Å². The number of aryl methyl sites for hydroxylation is 1. The number of benzene rings is 1. The van der Waals surface area contributed by atoms with Crippen LogP contribution in [0.5, 0.6) is 5.75 Å². The molecule has 1 aromatic heterocycles. The van der Waals surface area contributed by atoms with Crippen LogP contribution in [-0.2, 0) is 13.0 Å². The monoisotopic (exact) mass is 368 g/mol. The normalized spacial score (nSPS) is 12.9. The molecule has 0 unspecified atom stereocenters. The van der Waals surface area contributed by atoms with Gasteiger partial charge in [-0.1, -0.05) is 15.9 Å². The molecule has 1 aromatic carbocycles. The van der Waals surface area contributed by atoms with Gasteiger partial charge in [0.25, 0.3) is 0 Å². The summed E-state index contributed by atoms with van der Waals surface area (Å²) in [5, 5.41) is 13.0. The quantitative estimate of drug-likeness (QED) is 0.864. The summed E-state index contributed by atoms with van der Waals surface area (Å²) < 4.78 is 10.8. The highest BCUT2D eigenvalue weighted by Crippen LogP contribution is 2.34. The topological polar surface area (TPSA) is 71.5 Å². The van der Waals surface area contributed by atoms with E-state index in [0.717, 1.165) is 22.2 Å². The van der Waals surface area contributed by atoms with Gasteiger partial charge in [-0.3, -0.25) is 0 Å². The van der Waals surface area contributed by atoms with E-state index in [9.17, 15) is 9.90 Å². The Bertz CT molecular complexity index is 714. The predicted octanol–water partition coefficient (Wildman–Crippen LogP) is 3.46. The highest BCUT2D eigenvalue weighted by Gasteiger charge is 2.20. The summed E-state index contributed by atoms with van der Waals surface area (Å²) in [6, 6.07) is 4.05. The molecule has 0 atom stereocenters. The summed E-state index contributed by atoms with van der Waals surface area (Å²) >= 11 is 4.66. The van der Waals surface area contributed by atoms with Crippen LogP contribution in [0.1, 0.15) is 27.2 Å². The second kappa shape index (κ2) is 5.65. The largest absolute Gasteiger partial charge is 0.493 e.